The monoisotopic (exact) mass is 337 g/mol. The highest BCUT2D eigenvalue weighted by molar-refractivity contribution is 5.99. The van der Waals surface area contributed by atoms with Gasteiger partial charge in [-0.3, -0.25) is 9.59 Å². The van der Waals surface area contributed by atoms with Crippen LogP contribution in [0.5, 0.6) is 0 Å². The summed E-state index contributed by atoms with van der Waals surface area (Å²) in [7, 11) is 0. The summed E-state index contributed by atoms with van der Waals surface area (Å²) in [6, 6.07) is 15.1. The lowest BCUT2D eigenvalue weighted by Crippen LogP contribution is -2.35. The van der Waals surface area contributed by atoms with E-state index in [1.165, 1.54) is 13.3 Å². The van der Waals surface area contributed by atoms with E-state index in [9.17, 15) is 9.59 Å². The summed E-state index contributed by atoms with van der Waals surface area (Å²) < 4.78 is 0. The summed E-state index contributed by atoms with van der Waals surface area (Å²) >= 11 is 0. The van der Waals surface area contributed by atoms with Crippen molar-refractivity contribution in [1.82, 2.24) is 4.90 Å². The van der Waals surface area contributed by atoms with Gasteiger partial charge < -0.3 is 15.5 Å². The molecule has 0 saturated carbocycles. The quantitative estimate of drug-likeness (QED) is 0.886. The highest BCUT2D eigenvalue weighted by Gasteiger charge is 2.19. The predicted molar refractivity (Wildman–Crippen MR) is 100 cm³/mol. The van der Waals surface area contributed by atoms with Crippen LogP contribution in [0.25, 0.3) is 0 Å². The molecule has 5 nitrogen and oxygen atoms in total. The first-order chi connectivity index (χ1) is 12.1. The van der Waals surface area contributed by atoms with E-state index in [1.807, 2.05) is 47.4 Å². The number of rotatable bonds is 4. The first kappa shape index (κ1) is 17.0. The second kappa shape index (κ2) is 7.83. The summed E-state index contributed by atoms with van der Waals surface area (Å²) in [4.78, 5) is 26.2. The number of benzene rings is 2. The standard InChI is InChI=1S/C20H23N3O2/c1-15(24)21-19-14-16(20(25)23-12-6-3-7-13-23)10-11-18(19)22-17-8-4-2-5-9-17/h2,4-5,8-11,14,22H,3,6-7,12-13H2,1H3,(H,21,24). The Morgan fingerprint density at radius 2 is 1.64 bits per heavy atom. The van der Waals surface area contributed by atoms with Gasteiger partial charge in [0.25, 0.3) is 5.91 Å². The van der Waals surface area contributed by atoms with Crippen LogP contribution in [0.3, 0.4) is 0 Å². The van der Waals surface area contributed by atoms with Crippen molar-refractivity contribution in [3.8, 4) is 0 Å². The first-order valence-corrected chi connectivity index (χ1v) is 8.66. The van der Waals surface area contributed by atoms with Crippen LogP contribution in [0.4, 0.5) is 17.1 Å². The highest BCUT2D eigenvalue weighted by Crippen LogP contribution is 2.28. The molecule has 2 aromatic carbocycles. The Morgan fingerprint density at radius 3 is 2.32 bits per heavy atom. The molecule has 2 aromatic rings. The Labute approximate surface area is 148 Å². The third-order valence-corrected chi connectivity index (χ3v) is 4.27. The summed E-state index contributed by atoms with van der Waals surface area (Å²) in [5, 5.41) is 6.10. The number of carbonyl (C=O) groups excluding carboxylic acids is 2. The molecule has 3 rings (SSSR count). The number of nitrogens with one attached hydrogen (secondary N) is 2. The van der Waals surface area contributed by atoms with Gasteiger partial charge in [0.1, 0.15) is 0 Å². The summed E-state index contributed by atoms with van der Waals surface area (Å²) in [5.41, 5.74) is 2.89. The van der Waals surface area contributed by atoms with Crippen molar-refractivity contribution in [2.45, 2.75) is 26.2 Å². The minimum atomic E-state index is -0.168. The predicted octanol–water partition coefficient (Wildman–Crippen LogP) is 4.01. The molecule has 0 aromatic heterocycles. The lowest BCUT2D eigenvalue weighted by atomic mass is 10.1. The summed E-state index contributed by atoms with van der Waals surface area (Å²) in [6.45, 7) is 3.07. The highest BCUT2D eigenvalue weighted by atomic mass is 16.2. The van der Waals surface area contributed by atoms with Gasteiger partial charge in [-0.25, -0.2) is 0 Å². The Morgan fingerprint density at radius 1 is 0.920 bits per heavy atom. The molecule has 1 saturated heterocycles. The molecular weight excluding hydrogens is 314 g/mol. The average molecular weight is 337 g/mol. The summed E-state index contributed by atoms with van der Waals surface area (Å²) in [6.07, 6.45) is 3.29. The number of carbonyl (C=O) groups is 2. The number of amides is 2. The van der Waals surface area contributed by atoms with Gasteiger partial charge in [0.2, 0.25) is 5.91 Å². The Balaban J connectivity index is 1.86. The number of piperidine rings is 1. The topological polar surface area (TPSA) is 61.4 Å². The normalized spacial score (nSPS) is 14.0. The first-order valence-electron chi connectivity index (χ1n) is 8.66. The van der Waals surface area contributed by atoms with E-state index in [2.05, 4.69) is 10.6 Å². The van der Waals surface area contributed by atoms with Gasteiger partial charge in [-0.1, -0.05) is 18.2 Å². The molecule has 5 heteroatoms. The van der Waals surface area contributed by atoms with Gasteiger partial charge >= 0.3 is 0 Å². The maximum Gasteiger partial charge on any atom is 0.253 e. The lowest BCUT2D eigenvalue weighted by Gasteiger charge is -2.27. The minimum Gasteiger partial charge on any atom is -0.354 e. The second-order valence-electron chi connectivity index (χ2n) is 6.29. The lowest BCUT2D eigenvalue weighted by molar-refractivity contribution is -0.114. The van der Waals surface area contributed by atoms with E-state index in [0.717, 1.165) is 37.3 Å². The third kappa shape index (κ3) is 4.38. The van der Waals surface area contributed by atoms with Crippen LogP contribution >= 0.6 is 0 Å². The van der Waals surface area contributed by atoms with E-state index in [-0.39, 0.29) is 11.8 Å². The molecule has 1 aliphatic heterocycles. The molecule has 0 bridgehead atoms. The van der Waals surface area contributed by atoms with E-state index in [4.69, 9.17) is 0 Å². The maximum absolute atomic E-state index is 12.7. The second-order valence-corrected chi connectivity index (χ2v) is 6.29. The van der Waals surface area contributed by atoms with Crippen LogP contribution in [-0.2, 0) is 4.79 Å². The Hall–Kier alpha value is -2.82. The third-order valence-electron chi connectivity index (χ3n) is 4.27. The molecule has 0 atom stereocenters. The molecule has 0 radical (unpaired) electrons. The fourth-order valence-corrected chi connectivity index (χ4v) is 3.04. The van der Waals surface area contributed by atoms with Crippen LogP contribution in [0, 0.1) is 0 Å². The Kier molecular flexibility index (Phi) is 5.33. The van der Waals surface area contributed by atoms with Crippen molar-refractivity contribution in [2.75, 3.05) is 23.7 Å². The molecule has 1 aliphatic rings. The number of nitrogens with zero attached hydrogens (tertiary/aromatic N) is 1. The van der Waals surface area contributed by atoms with Crippen LogP contribution in [0.1, 0.15) is 36.5 Å². The zero-order valence-corrected chi connectivity index (χ0v) is 14.4. The van der Waals surface area contributed by atoms with Gasteiger partial charge in [0.15, 0.2) is 0 Å². The van der Waals surface area contributed by atoms with Crippen LogP contribution in [0.15, 0.2) is 48.5 Å². The van der Waals surface area contributed by atoms with Gasteiger partial charge in [0, 0.05) is 31.3 Å². The van der Waals surface area contributed by atoms with Crippen molar-refractivity contribution in [1.29, 1.82) is 0 Å². The van der Waals surface area contributed by atoms with E-state index < -0.39 is 0 Å². The zero-order chi connectivity index (χ0) is 17.6. The maximum atomic E-state index is 12.7. The molecule has 0 spiro atoms. The largest absolute Gasteiger partial charge is 0.354 e. The van der Waals surface area contributed by atoms with Crippen molar-refractivity contribution in [3.63, 3.8) is 0 Å². The SMILES string of the molecule is CC(=O)Nc1cc(C(=O)N2CCCCC2)ccc1Nc1ccccc1. The van der Waals surface area contributed by atoms with Crippen molar-refractivity contribution in [3.05, 3.63) is 54.1 Å². The van der Waals surface area contributed by atoms with E-state index in [0.29, 0.717) is 11.3 Å². The summed E-state index contributed by atoms with van der Waals surface area (Å²) in [5.74, 6) is -0.142. The van der Waals surface area contributed by atoms with Crippen molar-refractivity contribution < 1.29 is 9.59 Å². The van der Waals surface area contributed by atoms with Crippen LogP contribution < -0.4 is 10.6 Å². The van der Waals surface area contributed by atoms with Crippen molar-refractivity contribution >= 4 is 28.9 Å². The van der Waals surface area contributed by atoms with Gasteiger partial charge in [-0.2, -0.15) is 0 Å². The fraction of sp³-hybridized carbons (Fsp3) is 0.300. The molecule has 2 N–H and O–H groups in total. The molecule has 0 unspecified atom stereocenters. The molecule has 1 heterocycles. The average Bonchev–Trinajstić information content (AvgIpc) is 2.64. The number of likely N-dealkylation sites (tertiary alicyclic amines) is 1. The fourth-order valence-electron chi connectivity index (χ4n) is 3.04. The van der Waals surface area contributed by atoms with Gasteiger partial charge in [-0.05, 0) is 49.6 Å². The number of hydrogen-bond acceptors (Lipinski definition) is 3. The molecular formula is C20H23N3O2. The number of hydrogen-bond donors (Lipinski definition) is 2. The zero-order valence-electron chi connectivity index (χ0n) is 14.4. The van der Waals surface area contributed by atoms with Crippen LogP contribution in [-0.4, -0.2) is 29.8 Å². The number of para-hydroxylation sites is 1. The Bertz CT molecular complexity index is 753. The van der Waals surface area contributed by atoms with E-state index in [1.54, 1.807) is 6.07 Å². The smallest absolute Gasteiger partial charge is 0.253 e. The minimum absolute atomic E-state index is 0.0255. The number of anilines is 3. The van der Waals surface area contributed by atoms with Crippen LogP contribution in [0.2, 0.25) is 0 Å². The molecule has 2 amide bonds. The molecule has 0 aliphatic carbocycles. The van der Waals surface area contributed by atoms with Crippen molar-refractivity contribution in [2.24, 2.45) is 0 Å². The molecule has 25 heavy (non-hydrogen) atoms. The van der Waals surface area contributed by atoms with E-state index >= 15 is 0 Å². The van der Waals surface area contributed by atoms with Gasteiger partial charge in [0.05, 0.1) is 11.4 Å². The van der Waals surface area contributed by atoms with Gasteiger partial charge in [-0.15, -0.1) is 0 Å². The molecule has 1 fully saturated rings. The molecule has 130 valence electrons.